The lowest BCUT2D eigenvalue weighted by Gasteiger charge is -2.33. The molecular formula is C16H21BrClNO4S. The molecule has 1 aromatic carbocycles. The van der Waals surface area contributed by atoms with E-state index in [1.165, 1.54) is 0 Å². The Morgan fingerprint density at radius 3 is 2.75 bits per heavy atom. The lowest BCUT2D eigenvalue weighted by molar-refractivity contribution is -0.137. The Hall–Kier alpha value is -0.790. The largest absolute Gasteiger partial charge is 0.482 e. The zero-order valence-corrected chi connectivity index (χ0v) is 16.8. The van der Waals surface area contributed by atoms with Crippen molar-refractivity contribution in [2.45, 2.75) is 38.8 Å². The highest BCUT2D eigenvalue weighted by Crippen LogP contribution is 2.28. The summed E-state index contributed by atoms with van der Waals surface area (Å²) in [5.41, 5.74) is 0. The highest BCUT2D eigenvalue weighted by molar-refractivity contribution is 9.10. The number of sulfone groups is 1. The van der Waals surface area contributed by atoms with E-state index in [2.05, 4.69) is 15.9 Å². The molecule has 1 amide bonds. The van der Waals surface area contributed by atoms with Gasteiger partial charge in [0.15, 0.2) is 16.4 Å². The van der Waals surface area contributed by atoms with Gasteiger partial charge in [-0.15, -0.1) is 0 Å². The molecule has 1 aromatic rings. The van der Waals surface area contributed by atoms with Gasteiger partial charge in [0.05, 0.1) is 16.5 Å². The minimum absolute atomic E-state index is 0.0299. The quantitative estimate of drug-likeness (QED) is 0.683. The summed E-state index contributed by atoms with van der Waals surface area (Å²) < 4.78 is 29.9. The Labute approximate surface area is 156 Å². The van der Waals surface area contributed by atoms with Crippen molar-refractivity contribution in [3.05, 3.63) is 27.7 Å². The third kappa shape index (κ3) is 4.86. The zero-order valence-electron chi connectivity index (χ0n) is 13.7. The van der Waals surface area contributed by atoms with Crippen molar-refractivity contribution in [1.82, 2.24) is 4.90 Å². The lowest BCUT2D eigenvalue weighted by atomic mass is 10.1. The summed E-state index contributed by atoms with van der Waals surface area (Å²) in [5, 5.41) is 0.413. The molecule has 0 aromatic heterocycles. The van der Waals surface area contributed by atoms with Gasteiger partial charge in [-0.3, -0.25) is 4.79 Å². The number of hydrogen-bond donors (Lipinski definition) is 0. The second-order valence-corrected chi connectivity index (χ2v) is 9.53. The first-order valence-corrected chi connectivity index (χ1v) is 10.8. The van der Waals surface area contributed by atoms with Crippen LogP contribution >= 0.6 is 27.5 Å². The molecule has 0 saturated carbocycles. The minimum Gasteiger partial charge on any atom is -0.482 e. The molecule has 1 aliphatic heterocycles. The maximum atomic E-state index is 12.6. The fourth-order valence-electron chi connectivity index (χ4n) is 2.81. The maximum absolute atomic E-state index is 12.6. The van der Waals surface area contributed by atoms with Crippen LogP contribution in [0.5, 0.6) is 5.75 Å². The second kappa shape index (κ2) is 8.06. The molecule has 2 atom stereocenters. The molecule has 24 heavy (non-hydrogen) atoms. The van der Waals surface area contributed by atoms with E-state index >= 15 is 0 Å². The van der Waals surface area contributed by atoms with Gasteiger partial charge in [0.2, 0.25) is 0 Å². The van der Waals surface area contributed by atoms with Gasteiger partial charge in [-0.05, 0) is 38.0 Å². The summed E-state index contributed by atoms with van der Waals surface area (Å²) in [6, 6.07) is 4.84. The van der Waals surface area contributed by atoms with Crippen LogP contribution < -0.4 is 4.74 Å². The van der Waals surface area contributed by atoms with Gasteiger partial charge in [0.1, 0.15) is 5.75 Å². The number of carbonyl (C=O) groups excluding carboxylic acids is 1. The summed E-state index contributed by atoms with van der Waals surface area (Å²) in [6.45, 7) is 3.73. The van der Waals surface area contributed by atoms with Gasteiger partial charge in [-0.1, -0.05) is 34.5 Å². The average molecular weight is 439 g/mol. The molecule has 0 N–H and O–H groups in total. The van der Waals surface area contributed by atoms with Crippen molar-refractivity contribution in [3.63, 3.8) is 0 Å². The third-order valence-electron chi connectivity index (χ3n) is 4.20. The Morgan fingerprint density at radius 2 is 2.21 bits per heavy atom. The van der Waals surface area contributed by atoms with Crippen LogP contribution in [0.1, 0.15) is 26.7 Å². The topological polar surface area (TPSA) is 63.7 Å². The maximum Gasteiger partial charge on any atom is 0.261 e. The molecule has 0 bridgehead atoms. The van der Waals surface area contributed by atoms with Crippen LogP contribution in [0.2, 0.25) is 5.02 Å². The summed E-state index contributed by atoms with van der Waals surface area (Å²) in [5.74, 6) is 0.376. The highest BCUT2D eigenvalue weighted by Gasteiger charge is 2.36. The minimum atomic E-state index is -3.06. The highest BCUT2D eigenvalue weighted by atomic mass is 79.9. The number of ether oxygens (including phenoxy) is 1. The number of nitrogens with zero attached hydrogens (tertiary/aromatic N) is 1. The number of hydrogen-bond acceptors (Lipinski definition) is 4. The van der Waals surface area contributed by atoms with Crippen LogP contribution in [0.15, 0.2) is 22.7 Å². The summed E-state index contributed by atoms with van der Waals surface area (Å²) in [4.78, 5) is 14.3. The first-order valence-electron chi connectivity index (χ1n) is 7.83. The first kappa shape index (κ1) is 19.5. The van der Waals surface area contributed by atoms with E-state index in [0.717, 1.165) is 10.9 Å². The zero-order chi connectivity index (χ0) is 17.9. The third-order valence-corrected chi connectivity index (χ3v) is 6.74. The smallest absolute Gasteiger partial charge is 0.261 e. The molecule has 1 fully saturated rings. The van der Waals surface area contributed by atoms with E-state index in [4.69, 9.17) is 16.3 Å². The first-order chi connectivity index (χ1) is 11.2. The van der Waals surface area contributed by atoms with Crippen molar-refractivity contribution < 1.29 is 17.9 Å². The van der Waals surface area contributed by atoms with E-state index in [0.29, 0.717) is 17.2 Å². The van der Waals surface area contributed by atoms with E-state index in [-0.39, 0.29) is 36.1 Å². The molecular weight excluding hydrogens is 418 g/mol. The van der Waals surface area contributed by atoms with Gasteiger partial charge in [-0.2, -0.15) is 0 Å². The molecule has 8 heteroatoms. The lowest BCUT2D eigenvalue weighted by Crippen LogP contribution is -2.48. The van der Waals surface area contributed by atoms with Gasteiger partial charge >= 0.3 is 0 Å². The Bertz CT molecular complexity index is 710. The predicted octanol–water partition coefficient (Wildman–Crippen LogP) is 3.30. The second-order valence-electron chi connectivity index (χ2n) is 5.98. The number of benzene rings is 1. The molecule has 0 spiro atoms. The van der Waals surface area contributed by atoms with Crippen LogP contribution in [0, 0.1) is 0 Å². The average Bonchev–Trinajstić information content (AvgIpc) is 2.86. The standard InChI is InChI=1S/C16H21BrClNO4S/c1-3-11(2)19(13-6-7-24(21,22)10-13)16(20)9-23-15-5-4-12(17)8-14(15)18/h4-5,8,11,13H,3,6-7,9-10H2,1-2H3. The Kier molecular flexibility index (Phi) is 6.56. The van der Waals surface area contributed by atoms with E-state index in [9.17, 15) is 13.2 Å². The molecule has 2 unspecified atom stereocenters. The molecule has 134 valence electrons. The molecule has 0 aliphatic carbocycles. The number of carbonyl (C=O) groups is 1. The normalized spacial score (nSPS) is 20.6. The monoisotopic (exact) mass is 437 g/mol. The van der Waals surface area contributed by atoms with Gasteiger partial charge in [0.25, 0.3) is 5.91 Å². The summed E-state index contributed by atoms with van der Waals surface area (Å²) >= 11 is 9.40. The van der Waals surface area contributed by atoms with Gasteiger partial charge < -0.3 is 9.64 Å². The van der Waals surface area contributed by atoms with Gasteiger partial charge in [-0.25, -0.2) is 8.42 Å². The van der Waals surface area contributed by atoms with Crippen molar-refractivity contribution in [3.8, 4) is 5.75 Å². The fourth-order valence-corrected chi connectivity index (χ4v) is 5.25. The number of rotatable bonds is 6. The summed E-state index contributed by atoms with van der Waals surface area (Å²) in [7, 11) is -3.06. The van der Waals surface area contributed by atoms with Crippen LogP contribution in [0.25, 0.3) is 0 Å². The van der Waals surface area contributed by atoms with Crippen molar-refractivity contribution in [2.75, 3.05) is 18.1 Å². The van der Waals surface area contributed by atoms with Crippen LogP contribution in [0.3, 0.4) is 0 Å². The van der Waals surface area contributed by atoms with Crippen LogP contribution in [-0.2, 0) is 14.6 Å². The molecule has 1 saturated heterocycles. The molecule has 1 heterocycles. The SMILES string of the molecule is CCC(C)N(C(=O)COc1ccc(Br)cc1Cl)C1CCS(=O)(=O)C1. The number of amides is 1. The van der Waals surface area contributed by atoms with Gasteiger partial charge in [0, 0.05) is 16.6 Å². The number of halogens is 2. The van der Waals surface area contributed by atoms with E-state index < -0.39 is 9.84 Å². The van der Waals surface area contributed by atoms with Crippen molar-refractivity contribution in [2.24, 2.45) is 0 Å². The Morgan fingerprint density at radius 1 is 1.50 bits per heavy atom. The van der Waals surface area contributed by atoms with E-state index in [1.54, 1.807) is 23.1 Å². The molecule has 5 nitrogen and oxygen atoms in total. The van der Waals surface area contributed by atoms with Crippen LogP contribution in [0.4, 0.5) is 0 Å². The summed E-state index contributed by atoms with van der Waals surface area (Å²) in [6.07, 6.45) is 1.23. The Balaban J connectivity index is 2.08. The van der Waals surface area contributed by atoms with Crippen LogP contribution in [-0.4, -0.2) is 49.4 Å². The van der Waals surface area contributed by atoms with E-state index in [1.807, 2.05) is 13.8 Å². The molecule has 1 aliphatic rings. The predicted molar refractivity (Wildman–Crippen MR) is 98.3 cm³/mol. The molecule has 0 radical (unpaired) electrons. The molecule has 2 rings (SSSR count). The fraction of sp³-hybridized carbons (Fsp3) is 0.562. The van der Waals surface area contributed by atoms with Crippen molar-refractivity contribution >= 4 is 43.3 Å². The van der Waals surface area contributed by atoms with Crippen molar-refractivity contribution in [1.29, 1.82) is 0 Å².